The van der Waals surface area contributed by atoms with E-state index in [1.807, 2.05) is 0 Å². The number of methoxy groups -OCH3 is 1. The van der Waals surface area contributed by atoms with E-state index in [9.17, 15) is 44.4 Å². The zero-order valence-corrected chi connectivity index (χ0v) is 41.2. The lowest BCUT2D eigenvalue weighted by atomic mass is 9.78. The predicted octanol–water partition coefficient (Wildman–Crippen LogP) is 5.00. The average Bonchev–Trinajstić information content (AvgIpc) is 3.80. The number of amides is 1. The summed E-state index contributed by atoms with van der Waals surface area (Å²) in [5, 5.41) is 50.5. The van der Waals surface area contributed by atoms with Crippen molar-refractivity contribution in [1.29, 1.82) is 0 Å². The summed E-state index contributed by atoms with van der Waals surface area (Å²) in [5.74, 6) is -6.81. The standard InChI is InChI=1S/C46H62N4O11.C6H4O2/c1-22(2)21-50-18-16-46(17-19-50)48-34-31-32-39(54)28(8)42-33(31)43(56)45(10,61-42)59-20-15-30(58-11)25(5)41(60-29(9)51)27(7)38(53)26(6)37(52)23(3)13-12-14-24(4)44(57)47-36(40(32)55)35(34)49-46;7-5-1-2-6(8)4-3-5/h12-15,20,22-23,25-27,30,37-38,41,48,52-55H,16-19,21H2,1-11H3;1-4H/b13-12+,20-15+,24-14-,47-36?;/t23-,25+,26+,27+,30-,37-,38+,41+,45-;/m0./s1. The second kappa shape index (κ2) is 20.9. The molecule has 4 bridgehead atoms. The number of hydrogen-bond donors (Lipinski definition) is 5. The number of hydrogen-bond acceptors (Lipinski definition) is 16. The van der Waals surface area contributed by atoms with Gasteiger partial charge in [0.05, 0.1) is 41.2 Å². The number of nitrogens with zero attached hydrogens (tertiary/aromatic N) is 3. The smallest absolute Gasteiger partial charge is 0.312 e. The lowest BCUT2D eigenvalue weighted by molar-refractivity contribution is -0.160. The van der Waals surface area contributed by atoms with E-state index in [1.54, 1.807) is 65.8 Å². The van der Waals surface area contributed by atoms with E-state index in [4.69, 9.17) is 23.9 Å². The van der Waals surface area contributed by atoms with E-state index in [-0.39, 0.29) is 61.3 Å². The molecule has 0 aromatic heterocycles. The van der Waals surface area contributed by atoms with Gasteiger partial charge in [0.15, 0.2) is 17.3 Å². The highest BCUT2D eigenvalue weighted by molar-refractivity contribution is 6.22. The second-order valence-corrected chi connectivity index (χ2v) is 19.4. The number of aliphatic hydroxyl groups excluding tert-OH is 2. The lowest BCUT2D eigenvalue weighted by Crippen LogP contribution is -2.47. The first-order chi connectivity index (χ1) is 32.4. The van der Waals surface area contributed by atoms with Gasteiger partial charge in [0.2, 0.25) is 0 Å². The van der Waals surface area contributed by atoms with Gasteiger partial charge in [0.1, 0.15) is 34.0 Å². The fourth-order valence-electron chi connectivity index (χ4n) is 9.68. The molecule has 1 saturated heterocycles. The minimum atomic E-state index is -1.95. The molecule has 0 saturated carbocycles. The molecular weight excluding hydrogens is 889 g/mol. The van der Waals surface area contributed by atoms with Crippen molar-refractivity contribution in [2.24, 2.45) is 39.6 Å². The largest absolute Gasteiger partial charge is 0.507 e. The third-order valence-corrected chi connectivity index (χ3v) is 13.7. The molecule has 4 aliphatic heterocycles. The minimum Gasteiger partial charge on any atom is -0.507 e. The van der Waals surface area contributed by atoms with Crippen LogP contribution in [0, 0.1) is 36.5 Å². The summed E-state index contributed by atoms with van der Waals surface area (Å²) in [5.41, 5.74) is -0.111. The Morgan fingerprint density at radius 2 is 1.52 bits per heavy atom. The summed E-state index contributed by atoms with van der Waals surface area (Å²) < 4.78 is 24.0. The number of carbonyl (C=O) groups excluding carboxylic acids is 5. The summed E-state index contributed by atoms with van der Waals surface area (Å²) in [6, 6.07) is 0. The maximum Gasteiger partial charge on any atom is 0.312 e. The van der Waals surface area contributed by atoms with Crippen LogP contribution >= 0.6 is 0 Å². The van der Waals surface area contributed by atoms with E-state index in [2.05, 4.69) is 29.1 Å². The topological polar surface area (TPSA) is 243 Å². The summed E-state index contributed by atoms with van der Waals surface area (Å²) in [4.78, 5) is 73.4. The normalized spacial score (nSPS) is 30.9. The molecule has 5 N–H and O–H groups in total. The highest BCUT2D eigenvalue weighted by Gasteiger charge is 2.51. The Labute approximate surface area is 402 Å². The Morgan fingerprint density at radius 3 is 2.10 bits per heavy atom. The van der Waals surface area contributed by atoms with Crippen LogP contribution in [0.2, 0.25) is 0 Å². The molecular formula is C52H66N4O13. The van der Waals surface area contributed by atoms with Gasteiger partial charge < -0.3 is 49.6 Å². The number of likely N-dealkylation sites (tertiary alicyclic amines) is 1. The number of piperidine rings is 1. The van der Waals surface area contributed by atoms with Crippen molar-refractivity contribution in [2.75, 3.05) is 32.1 Å². The van der Waals surface area contributed by atoms with Gasteiger partial charge in [-0.15, -0.1) is 0 Å². The van der Waals surface area contributed by atoms with Crippen molar-refractivity contribution >= 4 is 45.7 Å². The van der Waals surface area contributed by atoms with Crippen molar-refractivity contribution in [1.82, 2.24) is 4.90 Å². The van der Waals surface area contributed by atoms with Crippen LogP contribution in [0.3, 0.4) is 0 Å². The summed E-state index contributed by atoms with van der Waals surface area (Å²) in [6.45, 7) is 19.6. The molecule has 17 nitrogen and oxygen atoms in total. The molecule has 4 heterocycles. The van der Waals surface area contributed by atoms with Crippen molar-refractivity contribution in [2.45, 2.75) is 118 Å². The third kappa shape index (κ3) is 10.8. The van der Waals surface area contributed by atoms with Crippen LogP contribution in [0.4, 0.5) is 5.69 Å². The molecule has 0 radical (unpaired) electrons. The molecule has 2 aromatic carbocycles. The van der Waals surface area contributed by atoms with Gasteiger partial charge in [-0.25, -0.2) is 4.99 Å². The molecule has 1 amide bonds. The van der Waals surface area contributed by atoms with Gasteiger partial charge in [-0.05, 0) is 50.1 Å². The van der Waals surface area contributed by atoms with Crippen LogP contribution < -0.4 is 20.8 Å². The zero-order valence-electron chi connectivity index (χ0n) is 41.2. The molecule has 0 unspecified atom stereocenters. The van der Waals surface area contributed by atoms with Crippen molar-refractivity contribution in [3.05, 3.63) is 82.3 Å². The van der Waals surface area contributed by atoms with Crippen LogP contribution in [-0.4, -0.2) is 117 Å². The van der Waals surface area contributed by atoms with Crippen molar-refractivity contribution in [3.8, 4) is 17.2 Å². The number of aromatic hydroxyl groups is 2. The van der Waals surface area contributed by atoms with E-state index in [1.165, 1.54) is 51.5 Å². The fraction of sp³-hybridized carbons (Fsp3) is 0.519. The predicted molar refractivity (Wildman–Crippen MR) is 256 cm³/mol. The summed E-state index contributed by atoms with van der Waals surface area (Å²) in [6.07, 6.45) is 10.1. The van der Waals surface area contributed by atoms with Crippen molar-refractivity contribution < 1.29 is 63.3 Å². The fourth-order valence-corrected chi connectivity index (χ4v) is 9.68. The third-order valence-electron chi connectivity index (χ3n) is 13.7. The number of nitrogens with one attached hydrogen (secondary N) is 1. The number of allylic oxidation sites excluding steroid dienone is 6. The van der Waals surface area contributed by atoms with Crippen LogP contribution in [-0.2, 0) is 33.4 Å². The van der Waals surface area contributed by atoms with Gasteiger partial charge >= 0.3 is 11.8 Å². The molecule has 1 aliphatic carbocycles. The number of ether oxygens (including phenoxy) is 4. The Morgan fingerprint density at radius 1 is 0.899 bits per heavy atom. The number of aliphatic hydroxyl groups is 2. The molecule has 372 valence electrons. The Kier molecular flexibility index (Phi) is 15.9. The first-order valence-electron chi connectivity index (χ1n) is 23.4. The summed E-state index contributed by atoms with van der Waals surface area (Å²) in [7, 11) is 1.47. The van der Waals surface area contributed by atoms with Crippen LogP contribution in [0.25, 0.3) is 10.8 Å². The minimum absolute atomic E-state index is 0.0538. The number of carbonyl (C=O) groups is 5. The second-order valence-electron chi connectivity index (χ2n) is 19.4. The van der Waals surface area contributed by atoms with E-state index in [0.717, 1.165) is 19.6 Å². The lowest BCUT2D eigenvalue weighted by Gasteiger charge is -2.38. The number of phenolic OH excluding ortho intramolecular Hbond substituents is 2. The van der Waals surface area contributed by atoms with Crippen molar-refractivity contribution in [3.63, 3.8) is 0 Å². The quantitative estimate of drug-likeness (QED) is 0.154. The monoisotopic (exact) mass is 954 g/mol. The van der Waals surface area contributed by atoms with Crippen LogP contribution in [0.1, 0.15) is 91.1 Å². The molecule has 1 spiro atoms. The number of esters is 1. The molecule has 7 rings (SSSR count). The van der Waals surface area contributed by atoms with Gasteiger partial charge in [-0.3, -0.25) is 29.0 Å². The first-order valence-corrected chi connectivity index (χ1v) is 23.4. The number of anilines is 1. The number of fused-ring (bicyclic) bond motifs is 1. The first kappa shape index (κ1) is 52.4. The Balaban J connectivity index is 0.000000886. The van der Waals surface area contributed by atoms with Gasteiger partial charge in [0.25, 0.3) is 11.7 Å². The number of benzene rings is 2. The highest BCUT2D eigenvalue weighted by atomic mass is 16.7. The molecule has 17 heteroatoms. The highest BCUT2D eigenvalue weighted by Crippen LogP contribution is 2.51. The zero-order chi connectivity index (χ0) is 50.9. The molecule has 2 aromatic rings. The molecule has 1 fully saturated rings. The van der Waals surface area contributed by atoms with E-state index >= 15 is 0 Å². The van der Waals surface area contributed by atoms with Gasteiger partial charge in [-0.2, -0.15) is 0 Å². The Hall–Kier alpha value is -6.01. The number of phenols is 2. The molecule has 69 heavy (non-hydrogen) atoms. The molecule has 5 aliphatic rings. The SMILES string of the molecule is CO[C@H]1/C=C/O[C@@]2(C)Oc3c(C)c(O)c4c(O)c(c5c(c4c3C2=O)NC2(CCN(CC(C)C)CC2)N=5)=NC(=O)/C(C)=C\C=C\[C@H](C)[C@H](O)[C@@H](C)[C@@H](O)[C@@H](C)[C@H](OC(C)=O)[C@@H]1C.O=C1C=CC(=O)C=C1. The maximum atomic E-state index is 14.7. The molecule has 9 atom stereocenters. The van der Waals surface area contributed by atoms with Gasteiger partial charge in [0, 0.05) is 93.6 Å². The van der Waals surface area contributed by atoms with Crippen LogP contribution in [0.5, 0.6) is 17.2 Å². The number of ketones is 3. The van der Waals surface area contributed by atoms with E-state index < -0.39 is 82.9 Å². The van der Waals surface area contributed by atoms with Gasteiger partial charge in [-0.1, -0.05) is 59.8 Å². The number of rotatable bonds is 4. The summed E-state index contributed by atoms with van der Waals surface area (Å²) >= 11 is 0. The Bertz CT molecular complexity index is 2640. The maximum absolute atomic E-state index is 14.7. The average molecular weight is 955 g/mol. The number of Topliss-reactive ketones (excluding diaryl/α,β-unsaturated/α-hetero) is 1. The van der Waals surface area contributed by atoms with E-state index in [0.29, 0.717) is 24.4 Å². The van der Waals surface area contributed by atoms with Crippen LogP contribution in [0.15, 0.2) is 70.4 Å².